The van der Waals surface area contributed by atoms with Crippen LogP contribution in [0.25, 0.3) is 0 Å². The van der Waals surface area contributed by atoms with Crippen molar-refractivity contribution in [3.8, 4) is 0 Å². The Balaban J connectivity index is 2.43. The zero-order chi connectivity index (χ0) is 16.1. The fraction of sp³-hybridized carbons (Fsp3) is 0. The Hall–Kier alpha value is -3.26. The molecule has 0 amide bonds. The number of nitrogens with zero attached hydrogens (tertiary/aromatic N) is 2. The van der Waals surface area contributed by atoms with Gasteiger partial charge in [-0.05, 0) is 18.2 Å². The number of anilines is 1. The highest BCUT2D eigenvalue weighted by molar-refractivity contribution is 6.47. The van der Waals surface area contributed by atoms with Crippen LogP contribution in [0.4, 0.5) is 17.1 Å². The van der Waals surface area contributed by atoms with Gasteiger partial charge in [0, 0.05) is 23.4 Å². The van der Waals surface area contributed by atoms with E-state index in [0.29, 0.717) is 5.69 Å². The summed E-state index contributed by atoms with van der Waals surface area (Å²) in [6.07, 6.45) is 0. The van der Waals surface area contributed by atoms with E-state index < -0.39 is 4.92 Å². The van der Waals surface area contributed by atoms with Crippen molar-refractivity contribution in [3.63, 3.8) is 0 Å². The second-order valence-corrected chi connectivity index (χ2v) is 4.31. The van der Waals surface area contributed by atoms with Crippen LogP contribution >= 0.6 is 0 Å². The van der Waals surface area contributed by atoms with Gasteiger partial charge in [-0.15, -0.1) is 0 Å². The molecule has 2 aromatic carbocycles. The molecule has 0 aromatic heterocycles. The van der Waals surface area contributed by atoms with Crippen molar-refractivity contribution in [1.82, 2.24) is 5.48 Å². The van der Waals surface area contributed by atoms with Crippen LogP contribution in [-0.4, -0.2) is 21.7 Å². The topological polar surface area (TPSA) is 138 Å². The van der Waals surface area contributed by atoms with E-state index in [-0.39, 0.29) is 28.5 Å². The average molecular weight is 299 g/mol. The molecular weight excluding hydrogens is 286 g/mol. The summed E-state index contributed by atoms with van der Waals surface area (Å²) in [7, 11) is 0. The van der Waals surface area contributed by atoms with Crippen molar-refractivity contribution >= 4 is 28.6 Å². The van der Waals surface area contributed by atoms with Crippen LogP contribution in [-0.2, 0) is 0 Å². The number of non-ortho nitro benzene ring substituents is 1. The Labute approximate surface area is 125 Å². The lowest BCUT2D eigenvalue weighted by molar-refractivity contribution is -0.384. The molecule has 8 heteroatoms. The zero-order valence-corrected chi connectivity index (χ0v) is 11.4. The number of hydroxylamine groups is 1. The molecule has 0 unspecified atom stereocenters. The molecule has 0 atom stereocenters. The van der Waals surface area contributed by atoms with Crippen LogP contribution in [0.1, 0.15) is 5.56 Å². The van der Waals surface area contributed by atoms with Crippen molar-refractivity contribution in [2.24, 2.45) is 4.99 Å². The van der Waals surface area contributed by atoms with Crippen LogP contribution in [0.15, 0.2) is 53.5 Å². The molecule has 0 aliphatic heterocycles. The zero-order valence-electron chi connectivity index (χ0n) is 11.4. The molecule has 0 aliphatic carbocycles. The standard InChI is InChI=1S/C14H13N5O3/c15-12-7-6-10(19(21)22)8-11(12)13(16)14(18-20)17-9-4-2-1-3-5-9/h1-8,16,20H,15H2,(H,17,18). The van der Waals surface area contributed by atoms with Gasteiger partial charge in [0.25, 0.3) is 5.69 Å². The first-order valence-corrected chi connectivity index (χ1v) is 6.20. The number of aliphatic imine (C=N–C) groups is 1. The highest BCUT2D eigenvalue weighted by Gasteiger charge is 2.16. The first-order valence-electron chi connectivity index (χ1n) is 6.20. The predicted octanol–water partition coefficient (Wildman–Crippen LogP) is 2.25. The van der Waals surface area contributed by atoms with Crippen molar-refractivity contribution in [1.29, 1.82) is 5.41 Å². The molecule has 0 heterocycles. The number of hydrogen-bond donors (Lipinski definition) is 4. The SMILES string of the molecule is N=C(C(=Nc1ccccc1)NO)c1cc([N+](=O)[O-])ccc1N. The minimum atomic E-state index is -0.587. The Morgan fingerprint density at radius 1 is 1.27 bits per heavy atom. The number of nitro groups is 1. The first-order chi connectivity index (χ1) is 10.5. The number of benzene rings is 2. The molecule has 22 heavy (non-hydrogen) atoms. The number of nitrogens with one attached hydrogen (secondary N) is 2. The van der Waals surface area contributed by atoms with Crippen LogP contribution in [0.3, 0.4) is 0 Å². The van der Waals surface area contributed by atoms with E-state index in [9.17, 15) is 15.3 Å². The molecule has 0 spiro atoms. The third-order valence-corrected chi connectivity index (χ3v) is 2.86. The highest BCUT2D eigenvalue weighted by atomic mass is 16.6. The molecule has 0 aliphatic rings. The fourth-order valence-corrected chi connectivity index (χ4v) is 1.77. The second kappa shape index (κ2) is 6.46. The Morgan fingerprint density at radius 2 is 1.95 bits per heavy atom. The maximum Gasteiger partial charge on any atom is 0.270 e. The van der Waals surface area contributed by atoms with Crippen LogP contribution in [0.2, 0.25) is 0 Å². The molecule has 0 radical (unpaired) electrons. The van der Waals surface area contributed by atoms with Gasteiger partial charge in [-0.3, -0.25) is 26.2 Å². The van der Waals surface area contributed by atoms with Gasteiger partial charge in [0.1, 0.15) is 5.71 Å². The Kier molecular flexibility index (Phi) is 4.44. The van der Waals surface area contributed by atoms with E-state index in [1.807, 2.05) is 5.48 Å². The number of hydrogen-bond acceptors (Lipinski definition) is 6. The van der Waals surface area contributed by atoms with Gasteiger partial charge >= 0.3 is 0 Å². The van der Waals surface area contributed by atoms with E-state index in [1.54, 1.807) is 30.3 Å². The first kappa shape index (κ1) is 15.1. The molecular formula is C14H13N5O3. The van der Waals surface area contributed by atoms with Gasteiger partial charge < -0.3 is 5.73 Å². The summed E-state index contributed by atoms with van der Waals surface area (Å²) < 4.78 is 0. The molecule has 8 nitrogen and oxygen atoms in total. The number of nitro benzene ring substituents is 1. The number of nitrogens with two attached hydrogens (primary N) is 1. The van der Waals surface area contributed by atoms with Gasteiger partial charge in [0.05, 0.1) is 10.6 Å². The molecule has 2 aromatic rings. The Morgan fingerprint density at radius 3 is 2.55 bits per heavy atom. The lowest BCUT2D eigenvalue weighted by Gasteiger charge is -2.09. The van der Waals surface area contributed by atoms with Crippen molar-refractivity contribution in [3.05, 3.63) is 64.2 Å². The number of nitrogen functional groups attached to an aromatic ring is 1. The third-order valence-electron chi connectivity index (χ3n) is 2.86. The van der Waals surface area contributed by atoms with E-state index in [0.717, 1.165) is 6.07 Å². The lowest BCUT2D eigenvalue weighted by atomic mass is 10.1. The quantitative estimate of drug-likeness (QED) is 0.225. The summed E-state index contributed by atoms with van der Waals surface area (Å²) in [6.45, 7) is 0. The van der Waals surface area contributed by atoms with Gasteiger partial charge in [-0.25, -0.2) is 4.99 Å². The number of rotatable bonds is 4. The third kappa shape index (κ3) is 3.25. The van der Waals surface area contributed by atoms with Gasteiger partial charge in [-0.2, -0.15) is 0 Å². The number of amidine groups is 1. The summed E-state index contributed by atoms with van der Waals surface area (Å²) in [5.41, 5.74) is 7.90. The minimum absolute atomic E-state index is 0.102. The monoisotopic (exact) mass is 299 g/mol. The highest BCUT2D eigenvalue weighted by Crippen LogP contribution is 2.21. The fourth-order valence-electron chi connectivity index (χ4n) is 1.77. The van der Waals surface area contributed by atoms with Crippen molar-refractivity contribution in [2.75, 3.05) is 5.73 Å². The van der Waals surface area contributed by atoms with Crippen LogP contribution < -0.4 is 11.2 Å². The molecule has 0 saturated heterocycles. The predicted molar refractivity (Wildman–Crippen MR) is 82.8 cm³/mol. The summed E-state index contributed by atoms with van der Waals surface area (Å²) in [5, 5.41) is 28.1. The van der Waals surface area contributed by atoms with Crippen LogP contribution in [0.5, 0.6) is 0 Å². The molecule has 5 N–H and O–H groups in total. The smallest absolute Gasteiger partial charge is 0.270 e. The van der Waals surface area contributed by atoms with Crippen LogP contribution in [0, 0.1) is 15.5 Å². The molecule has 112 valence electrons. The molecule has 0 saturated carbocycles. The maximum absolute atomic E-state index is 10.8. The average Bonchev–Trinajstić information content (AvgIpc) is 2.53. The van der Waals surface area contributed by atoms with Gasteiger partial charge in [-0.1, -0.05) is 18.2 Å². The summed E-state index contributed by atoms with van der Waals surface area (Å²) >= 11 is 0. The molecule has 0 fully saturated rings. The van der Waals surface area contributed by atoms with E-state index >= 15 is 0 Å². The van der Waals surface area contributed by atoms with E-state index in [1.165, 1.54) is 12.1 Å². The Bertz CT molecular complexity index is 743. The van der Waals surface area contributed by atoms with Crippen molar-refractivity contribution in [2.45, 2.75) is 0 Å². The maximum atomic E-state index is 10.8. The molecule has 2 rings (SSSR count). The van der Waals surface area contributed by atoms with Gasteiger partial charge in [0.2, 0.25) is 0 Å². The molecule has 0 bridgehead atoms. The summed E-state index contributed by atoms with van der Waals surface area (Å²) in [5.74, 6) is -0.168. The summed E-state index contributed by atoms with van der Waals surface area (Å²) in [4.78, 5) is 14.3. The number of para-hydroxylation sites is 1. The lowest BCUT2D eigenvalue weighted by Crippen LogP contribution is -2.29. The largest absolute Gasteiger partial charge is 0.398 e. The minimum Gasteiger partial charge on any atom is -0.398 e. The van der Waals surface area contributed by atoms with E-state index in [2.05, 4.69) is 4.99 Å². The van der Waals surface area contributed by atoms with E-state index in [4.69, 9.17) is 11.1 Å². The second-order valence-electron chi connectivity index (χ2n) is 4.31. The normalized spacial score (nSPS) is 11.0. The van der Waals surface area contributed by atoms with Gasteiger partial charge in [0.15, 0.2) is 5.84 Å². The summed E-state index contributed by atoms with van der Waals surface area (Å²) in [6, 6.07) is 12.4. The van der Waals surface area contributed by atoms with Crippen molar-refractivity contribution < 1.29 is 10.1 Å².